The van der Waals surface area contributed by atoms with Gasteiger partial charge in [0.1, 0.15) is 10.7 Å². The lowest BCUT2D eigenvalue weighted by Crippen LogP contribution is -2.32. The predicted octanol–water partition coefficient (Wildman–Crippen LogP) is 5.99. The smallest absolute Gasteiger partial charge is 0.273 e. The second kappa shape index (κ2) is 11.6. The zero-order valence-electron chi connectivity index (χ0n) is 19.0. The lowest BCUT2D eigenvalue weighted by Gasteiger charge is -2.20. The number of amides is 1. The van der Waals surface area contributed by atoms with E-state index in [-0.39, 0.29) is 5.91 Å². The summed E-state index contributed by atoms with van der Waals surface area (Å²) in [6.45, 7) is 5.64. The number of carbonyl (C=O) groups is 1. The molecule has 4 rings (SSSR count). The maximum Gasteiger partial charge on any atom is 0.273 e. The summed E-state index contributed by atoms with van der Waals surface area (Å²) < 4.78 is 1.97. The number of halogens is 1. The van der Waals surface area contributed by atoms with E-state index in [0.717, 1.165) is 42.2 Å². The lowest BCUT2D eigenvalue weighted by atomic mass is 10.2. The van der Waals surface area contributed by atoms with Crippen LogP contribution in [0.5, 0.6) is 0 Å². The quantitative estimate of drug-likeness (QED) is 0.243. The van der Waals surface area contributed by atoms with Gasteiger partial charge in [-0.15, -0.1) is 21.5 Å². The van der Waals surface area contributed by atoms with Crippen molar-refractivity contribution in [3.63, 3.8) is 0 Å². The number of hydrogen-bond donors (Lipinski definition) is 0. The van der Waals surface area contributed by atoms with Gasteiger partial charge in [0, 0.05) is 41.4 Å². The van der Waals surface area contributed by atoms with Gasteiger partial charge < -0.3 is 4.90 Å². The van der Waals surface area contributed by atoms with E-state index < -0.39 is 0 Å². The summed E-state index contributed by atoms with van der Waals surface area (Å²) in [5, 5.41) is 12.9. The molecular formula is C24H25ClN6OS2. The molecule has 0 saturated carbocycles. The third kappa shape index (κ3) is 5.65. The molecule has 7 nitrogen and oxygen atoms in total. The summed E-state index contributed by atoms with van der Waals surface area (Å²) in [6, 6.07) is 11.4. The van der Waals surface area contributed by atoms with Gasteiger partial charge in [-0.1, -0.05) is 43.3 Å². The normalized spacial score (nSPS) is 11.0. The Labute approximate surface area is 212 Å². The van der Waals surface area contributed by atoms with E-state index in [9.17, 15) is 4.79 Å². The van der Waals surface area contributed by atoms with Crippen molar-refractivity contribution in [1.29, 1.82) is 0 Å². The molecule has 3 aromatic heterocycles. The van der Waals surface area contributed by atoms with Gasteiger partial charge in [-0.3, -0.25) is 14.3 Å². The zero-order valence-corrected chi connectivity index (χ0v) is 21.4. The third-order valence-corrected chi connectivity index (χ3v) is 7.20. The first-order chi connectivity index (χ1) is 16.6. The van der Waals surface area contributed by atoms with Crippen LogP contribution in [0.1, 0.15) is 42.2 Å². The molecule has 0 bridgehead atoms. The first kappa shape index (κ1) is 24.4. The Morgan fingerprint density at radius 1 is 1.15 bits per heavy atom. The molecule has 0 saturated heterocycles. The number of nitrogens with zero attached hydrogens (tertiary/aromatic N) is 6. The molecule has 0 N–H and O–H groups in total. The summed E-state index contributed by atoms with van der Waals surface area (Å²) in [7, 11) is 0. The fourth-order valence-electron chi connectivity index (χ4n) is 3.51. The van der Waals surface area contributed by atoms with Gasteiger partial charge in [0.15, 0.2) is 11.0 Å². The summed E-state index contributed by atoms with van der Waals surface area (Å²) >= 11 is 9.28. The van der Waals surface area contributed by atoms with Crippen molar-refractivity contribution in [3.8, 4) is 17.1 Å². The molecule has 0 spiro atoms. The molecule has 0 aliphatic heterocycles. The highest BCUT2D eigenvalue weighted by atomic mass is 35.5. The third-order valence-electron chi connectivity index (χ3n) is 4.99. The van der Waals surface area contributed by atoms with Crippen LogP contribution in [0.3, 0.4) is 0 Å². The summed E-state index contributed by atoms with van der Waals surface area (Å²) in [4.78, 5) is 23.6. The molecule has 0 fully saturated rings. The minimum absolute atomic E-state index is 0.00263. The van der Waals surface area contributed by atoms with Crippen LogP contribution in [0, 0.1) is 0 Å². The van der Waals surface area contributed by atoms with Gasteiger partial charge in [-0.25, -0.2) is 4.98 Å². The largest absolute Gasteiger partial charge is 0.337 e. The van der Waals surface area contributed by atoms with E-state index in [4.69, 9.17) is 11.6 Å². The van der Waals surface area contributed by atoms with Crippen molar-refractivity contribution in [3.05, 3.63) is 69.9 Å². The Kier molecular flexibility index (Phi) is 8.31. The van der Waals surface area contributed by atoms with Crippen LogP contribution in [0.2, 0.25) is 5.02 Å². The molecule has 0 unspecified atom stereocenters. The average Bonchev–Trinajstić information content (AvgIpc) is 3.50. The van der Waals surface area contributed by atoms with Crippen LogP contribution >= 0.6 is 34.7 Å². The van der Waals surface area contributed by atoms with E-state index in [1.54, 1.807) is 12.4 Å². The number of benzene rings is 1. The van der Waals surface area contributed by atoms with Crippen LogP contribution in [-0.4, -0.2) is 48.6 Å². The molecule has 0 aliphatic rings. The Morgan fingerprint density at radius 2 is 1.97 bits per heavy atom. The van der Waals surface area contributed by atoms with E-state index in [1.165, 1.54) is 23.1 Å². The number of pyridine rings is 1. The molecule has 34 heavy (non-hydrogen) atoms. The number of carbonyl (C=O) groups excluding carboxylic acids is 1. The molecule has 0 atom stereocenters. The number of aromatic nitrogens is 5. The molecule has 0 aliphatic carbocycles. The van der Waals surface area contributed by atoms with Crippen LogP contribution < -0.4 is 0 Å². The lowest BCUT2D eigenvalue weighted by molar-refractivity contribution is 0.0750. The highest BCUT2D eigenvalue weighted by Gasteiger charge is 2.20. The van der Waals surface area contributed by atoms with E-state index >= 15 is 0 Å². The van der Waals surface area contributed by atoms with Crippen molar-refractivity contribution in [1.82, 2.24) is 29.6 Å². The Bertz CT molecular complexity index is 1240. The topological polar surface area (TPSA) is 76.8 Å². The Morgan fingerprint density at radius 3 is 2.68 bits per heavy atom. The highest BCUT2D eigenvalue weighted by Crippen LogP contribution is 2.31. The molecular weight excluding hydrogens is 488 g/mol. The van der Waals surface area contributed by atoms with Gasteiger partial charge in [-0.05, 0) is 43.2 Å². The maximum absolute atomic E-state index is 12.9. The Balaban J connectivity index is 1.57. The molecule has 0 radical (unpaired) electrons. The van der Waals surface area contributed by atoms with E-state index in [2.05, 4.69) is 34.0 Å². The van der Waals surface area contributed by atoms with Crippen molar-refractivity contribution in [2.75, 3.05) is 13.1 Å². The van der Waals surface area contributed by atoms with Gasteiger partial charge in [-0.2, -0.15) is 0 Å². The molecule has 1 aromatic carbocycles. The molecule has 176 valence electrons. The van der Waals surface area contributed by atoms with Crippen LogP contribution in [0.4, 0.5) is 0 Å². The number of thiazole rings is 1. The summed E-state index contributed by atoms with van der Waals surface area (Å²) in [5.41, 5.74) is 2.23. The number of thioether (sulfide) groups is 1. The minimum Gasteiger partial charge on any atom is -0.337 e. The fourth-order valence-corrected chi connectivity index (χ4v) is 5.43. The standard InChI is InChI=1S/C24H25ClN6OS2/c1-3-11-30(12-4-2)23(32)20-15-33-21(27-20)16-34-24-29-28-22(17-7-6-10-26-14-17)31(24)19-9-5-8-18(25)13-19/h5-10,13-15H,3-4,11-12,16H2,1-2H3. The number of rotatable bonds is 10. The first-order valence-corrected chi connectivity index (χ1v) is 13.3. The molecule has 10 heteroatoms. The van der Waals surface area contributed by atoms with Gasteiger partial charge in [0.05, 0.1) is 11.4 Å². The molecule has 4 aromatic rings. The van der Waals surface area contributed by atoms with Crippen molar-refractivity contribution >= 4 is 40.6 Å². The molecule has 3 heterocycles. The van der Waals surface area contributed by atoms with Gasteiger partial charge in [0.25, 0.3) is 5.91 Å². The minimum atomic E-state index is -0.00263. The van der Waals surface area contributed by atoms with Crippen molar-refractivity contribution < 1.29 is 4.79 Å². The number of hydrogen-bond acceptors (Lipinski definition) is 7. The Hall–Kier alpha value is -2.75. The first-order valence-electron chi connectivity index (χ1n) is 11.1. The van der Waals surface area contributed by atoms with Crippen molar-refractivity contribution in [2.45, 2.75) is 37.6 Å². The average molecular weight is 513 g/mol. The summed E-state index contributed by atoms with van der Waals surface area (Å²) in [5.74, 6) is 1.26. The monoisotopic (exact) mass is 512 g/mol. The van der Waals surface area contributed by atoms with Crippen molar-refractivity contribution in [2.24, 2.45) is 0 Å². The summed E-state index contributed by atoms with van der Waals surface area (Å²) in [6.07, 6.45) is 5.34. The van der Waals surface area contributed by atoms with E-state index in [1.807, 2.05) is 51.2 Å². The van der Waals surface area contributed by atoms with Gasteiger partial charge >= 0.3 is 0 Å². The SMILES string of the molecule is CCCN(CCC)C(=O)c1csc(CSc2nnc(-c3cccnc3)n2-c2cccc(Cl)c2)n1. The van der Waals surface area contributed by atoms with Crippen LogP contribution in [0.15, 0.2) is 59.3 Å². The van der Waals surface area contributed by atoms with Crippen LogP contribution in [-0.2, 0) is 5.75 Å². The van der Waals surface area contributed by atoms with Gasteiger partial charge in [0.2, 0.25) is 0 Å². The fraction of sp³-hybridized carbons (Fsp3) is 0.292. The molecule has 1 amide bonds. The highest BCUT2D eigenvalue weighted by molar-refractivity contribution is 7.98. The maximum atomic E-state index is 12.9. The van der Waals surface area contributed by atoms with E-state index in [0.29, 0.717) is 27.5 Å². The second-order valence-corrected chi connectivity index (χ2v) is 9.89. The second-order valence-electron chi connectivity index (χ2n) is 7.57. The van der Waals surface area contributed by atoms with Crippen LogP contribution in [0.25, 0.3) is 17.1 Å². The predicted molar refractivity (Wildman–Crippen MR) is 138 cm³/mol. The zero-order chi connectivity index (χ0) is 23.9.